The lowest BCUT2D eigenvalue weighted by molar-refractivity contribution is 0.496. The Labute approximate surface area is 137 Å². The van der Waals surface area contributed by atoms with E-state index in [2.05, 4.69) is 40.1 Å². The summed E-state index contributed by atoms with van der Waals surface area (Å²) in [6, 6.07) is 5.05. The Morgan fingerprint density at radius 3 is 2.76 bits per heavy atom. The van der Waals surface area contributed by atoms with Gasteiger partial charge in [0.1, 0.15) is 5.82 Å². The highest BCUT2D eigenvalue weighted by atomic mass is 79.9. The van der Waals surface area contributed by atoms with Crippen molar-refractivity contribution in [2.45, 2.75) is 39.7 Å². The summed E-state index contributed by atoms with van der Waals surface area (Å²) in [5.41, 5.74) is 1.77. The molecule has 1 heterocycles. The van der Waals surface area contributed by atoms with Gasteiger partial charge in [-0.1, -0.05) is 22.9 Å². The first-order valence-electron chi connectivity index (χ1n) is 7.12. The van der Waals surface area contributed by atoms with Gasteiger partial charge < -0.3 is 5.32 Å². The lowest BCUT2D eigenvalue weighted by Gasteiger charge is -2.19. The first-order chi connectivity index (χ1) is 10.0. The van der Waals surface area contributed by atoms with Crippen LogP contribution in [-0.4, -0.2) is 11.5 Å². The van der Waals surface area contributed by atoms with Gasteiger partial charge in [-0.15, -0.1) is 11.3 Å². The summed E-state index contributed by atoms with van der Waals surface area (Å²) >= 11 is 5.12. The molecule has 0 bridgehead atoms. The molecule has 0 aliphatic rings. The number of nitrogens with one attached hydrogen (secondary N) is 1. The van der Waals surface area contributed by atoms with E-state index in [1.807, 2.05) is 13.0 Å². The van der Waals surface area contributed by atoms with Gasteiger partial charge in [0, 0.05) is 27.4 Å². The van der Waals surface area contributed by atoms with Gasteiger partial charge in [-0.05, 0) is 45.0 Å². The third-order valence-corrected chi connectivity index (χ3v) is 5.01. The van der Waals surface area contributed by atoms with E-state index in [-0.39, 0.29) is 11.9 Å². The normalized spacial score (nSPS) is 12.6. The second-order valence-corrected chi connectivity index (χ2v) is 7.33. The average molecular weight is 371 g/mol. The van der Waals surface area contributed by atoms with Crippen molar-refractivity contribution in [2.24, 2.45) is 0 Å². The minimum absolute atomic E-state index is 0.0487. The van der Waals surface area contributed by atoms with Crippen LogP contribution >= 0.6 is 27.3 Å². The summed E-state index contributed by atoms with van der Waals surface area (Å²) in [5.74, 6) is -0.170. The number of halogens is 2. The van der Waals surface area contributed by atoms with Gasteiger partial charge in [-0.3, -0.25) is 0 Å². The Balaban J connectivity index is 2.27. The first kappa shape index (κ1) is 16.6. The molecule has 0 aliphatic carbocycles. The lowest BCUT2D eigenvalue weighted by Crippen LogP contribution is -2.25. The van der Waals surface area contributed by atoms with E-state index in [9.17, 15) is 4.39 Å². The quantitative estimate of drug-likeness (QED) is 0.778. The van der Waals surface area contributed by atoms with Crippen molar-refractivity contribution < 1.29 is 4.39 Å². The number of thiazole rings is 1. The third kappa shape index (κ3) is 4.34. The van der Waals surface area contributed by atoms with E-state index in [0.29, 0.717) is 12.0 Å². The molecule has 1 N–H and O–H groups in total. The van der Waals surface area contributed by atoms with E-state index in [4.69, 9.17) is 0 Å². The number of nitrogens with zero attached hydrogens (tertiary/aromatic N) is 1. The summed E-state index contributed by atoms with van der Waals surface area (Å²) in [6.07, 6.45) is 1.73. The van der Waals surface area contributed by atoms with Gasteiger partial charge in [0.2, 0.25) is 0 Å². The minimum Gasteiger partial charge on any atom is -0.309 e. The molecular formula is C16H20BrFN2S. The first-order valence-corrected chi connectivity index (χ1v) is 8.73. The van der Waals surface area contributed by atoms with Gasteiger partial charge in [-0.2, -0.15) is 0 Å². The molecule has 2 aromatic rings. The van der Waals surface area contributed by atoms with Crippen LogP contribution in [0.2, 0.25) is 0 Å². The Morgan fingerprint density at radius 1 is 1.38 bits per heavy atom. The highest BCUT2D eigenvalue weighted by Gasteiger charge is 2.18. The van der Waals surface area contributed by atoms with Gasteiger partial charge >= 0.3 is 0 Å². The molecule has 0 spiro atoms. The Morgan fingerprint density at radius 2 is 2.14 bits per heavy atom. The molecule has 5 heteroatoms. The predicted molar refractivity (Wildman–Crippen MR) is 90.4 cm³/mol. The molecular weight excluding hydrogens is 351 g/mol. The topological polar surface area (TPSA) is 24.9 Å². The van der Waals surface area contributed by atoms with Crippen LogP contribution in [0, 0.1) is 19.7 Å². The zero-order chi connectivity index (χ0) is 15.4. The van der Waals surface area contributed by atoms with Crippen LogP contribution in [0.5, 0.6) is 0 Å². The smallest absolute Gasteiger partial charge is 0.128 e. The summed E-state index contributed by atoms with van der Waals surface area (Å²) in [5, 5.41) is 4.49. The molecule has 1 aromatic heterocycles. The maximum absolute atomic E-state index is 14.2. The highest BCUT2D eigenvalue weighted by Crippen LogP contribution is 2.27. The van der Waals surface area contributed by atoms with Crippen molar-refractivity contribution in [1.29, 1.82) is 0 Å². The number of hydrogen-bond donors (Lipinski definition) is 1. The number of aryl methyl sites for hydroxylation is 2. The number of aromatic nitrogens is 1. The standard InChI is InChI=1S/C16H20BrFN2S/c1-4-7-19-15(9-16-20-10(2)11(3)21-16)13-8-12(17)5-6-14(13)18/h5-6,8,15,19H,4,7,9H2,1-3H3. The fourth-order valence-corrected chi connectivity index (χ4v) is 3.55. The second-order valence-electron chi connectivity index (χ2n) is 5.13. The van der Waals surface area contributed by atoms with Gasteiger partial charge in [0.05, 0.1) is 10.7 Å². The molecule has 0 fully saturated rings. The third-order valence-electron chi connectivity index (χ3n) is 3.43. The van der Waals surface area contributed by atoms with Crippen molar-refractivity contribution in [3.8, 4) is 0 Å². The fourth-order valence-electron chi connectivity index (χ4n) is 2.19. The maximum Gasteiger partial charge on any atom is 0.128 e. The molecule has 0 saturated heterocycles. The average Bonchev–Trinajstić information content (AvgIpc) is 2.76. The van der Waals surface area contributed by atoms with Crippen molar-refractivity contribution in [2.75, 3.05) is 6.54 Å². The van der Waals surface area contributed by atoms with Gasteiger partial charge in [0.15, 0.2) is 0 Å². The van der Waals surface area contributed by atoms with E-state index in [1.54, 1.807) is 17.4 Å². The minimum atomic E-state index is -0.170. The molecule has 114 valence electrons. The summed E-state index contributed by atoms with van der Waals surface area (Å²) < 4.78 is 15.1. The molecule has 0 radical (unpaired) electrons. The zero-order valence-electron chi connectivity index (χ0n) is 12.5. The van der Waals surface area contributed by atoms with Crippen molar-refractivity contribution >= 4 is 27.3 Å². The number of rotatable bonds is 6. The Bertz CT molecular complexity index is 593. The van der Waals surface area contributed by atoms with Gasteiger partial charge in [0.25, 0.3) is 0 Å². The van der Waals surface area contributed by atoms with Crippen LogP contribution in [0.25, 0.3) is 0 Å². The van der Waals surface area contributed by atoms with Crippen LogP contribution in [0.15, 0.2) is 22.7 Å². The molecule has 0 saturated carbocycles. The monoisotopic (exact) mass is 370 g/mol. The van der Waals surface area contributed by atoms with E-state index in [1.165, 1.54) is 10.9 Å². The number of hydrogen-bond acceptors (Lipinski definition) is 3. The summed E-state index contributed by atoms with van der Waals surface area (Å²) in [7, 11) is 0. The van der Waals surface area contributed by atoms with Crippen molar-refractivity contribution in [1.82, 2.24) is 10.3 Å². The molecule has 2 nitrogen and oxygen atoms in total. The zero-order valence-corrected chi connectivity index (χ0v) is 14.9. The summed E-state index contributed by atoms with van der Waals surface area (Å²) in [6.45, 7) is 7.06. The molecule has 1 aromatic carbocycles. The molecule has 21 heavy (non-hydrogen) atoms. The summed E-state index contributed by atoms with van der Waals surface area (Å²) in [4.78, 5) is 5.81. The molecule has 1 unspecified atom stereocenters. The maximum atomic E-state index is 14.2. The van der Waals surface area contributed by atoms with E-state index >= 15 is 0 Å². The second kappa shape index (κ2) is 7.47. The lowest BCUT2D eigenvalue weighted by atomic mass is 10.0. The van der Waals surface area contributed by atoms with Crippen molar-refractivity contribution in [3.05, 3.63) is 49.6 Å². The number of benzene rings is 1. The van der Waals surface area contributed by atoms with Crippen LogP contribution in [0.1, 0.15) is 40.5 Å². The van der Waals surface area contributed by atoms with Crippen LogP contribution in [0.4, 0.5) is 4.39 Å². The van der Waals surface area contributed by atoms with Crippen LogP contribution in [-0.2, 0) is 6.42 Å². The highest BCUT2D eigenvalue weighted by molar-refractivity contribution is 9.10. The SMILES string of the molecule is CCCNC(Cc1nc(C)c(C)s1)c1cc(Br)ccc1F. The molecule has 0 amide bonds. The van der Waals surface area contributed by atoms with Gasteiger partial charge in [-0.25, -0.2) is 9.37 Å². The van der Waals surface area contributed by atoms with E-state index in [0.717, 1.165) is 28.1 Å². The van der Waals surface area contributed by atoms with Crippen LogP contribution in [0.3, 0.4) is 0 Å². The molecule has 0 aliphatic heterocycles. The fraction of sp³-hybridized carbons (Fsp3) is 0.438. The Kier molecular flexibility index (Phi) is 5.90. The van der Waals surface area contributed by atoms with E-state index < -0.39 is 0 Å². The Hall–Kier alpha value is -0.780. The molecule has 2 rings (SSSR count). The van der Waals surface area contributed by atoms with Crippen LogP contribution < -0.4 is 5.32 Å². The van der Waals surface area contributed by atoms with Crippen molar-refractivity contribution in [3.63, 3.8) is 0 Å². The largest absolute Gasteiger partial charge is 0.309 e. The molecule has 1 atom stereocenters. The predicted octanol–water partition coefficient (Wildman–Crippen LogP) is 4.94.